The lowest BCUT2D eigenvalue weighted by Gasteiger charge is -2.26. The highest BCUT2D eigenvalue weighted by molar-refractivity contribution is 6.09. The molecule has 1 fully saturated rings. The Kier molecular flexibility index (Phi) is 6.26. The van der Waals surface area contributed by atoms with Gasteiger partial charge in [-0.25, -0.2) is 4.98 Å². The summed E-state index contributed by atoms with van der Waals surface area (Å²) < 4.78 is 2.34. The molecule has 0 bridgehead atoms. The van der Waals surface area contributed by atoms with Gasteiger partial charge in [0.15, 0.2) is 5.82 Å². The molecule has 0 atom stereocenters. The van der Waals surface area contributed by atoms with Crippen LogP contribution in [0.2, 0.25) is 0 Å². The van der Waals surface area contributed by atoms with E-state index < -0.39 is 0 Å². The maximum Gasteiger partial charge on any atom is 0.225 e. The Balaban J connectivity index is 1.34. The molecule has 0 aliphatic carbocycles. The van der Waals surface area contributed by atoms with E-state index in [1.165, 1.54) is 41.1 Å². The number of hydrogen-bond donors (Lipinski definition) is 2. The molecule has 1 amide bonds. The highest BCUT2D eigenvalue weighted by Gasteiger charge is 2.14. The molecule has 0 saturated carbocycles. The van der Waals surface area contributed by atoms with Gasteiger partial charge in [-0.05, 0) is 69.3 Å². The molecule has 2 aromatic heterocycles. The number of likely N-dealkylation sites (tertiary alicyclic amines) is 1. The van der Waals surface area contributed by atoms with E-state index in [9.17, 15) is 4.79 Å². The molecule has 4 aromatic rings. The first-order chi connectivity index (χ1) is 16.2. The van der Waals surface area contributed by atoms with Crippen LogP contribution in [0.4, 0.5) is 17.2 Å². The van der Waals surface area contributed by atoms with E-state index in [1.54, 1.807) is 6.20 Å². The number of para-hydroxylation sites is 1. The fourth-order valence-corrected chi connectivity index (χ4v) is 4.87. The Hall–Kier alpha value is -3.38. The Labute approximate surface area is 194 Å². The predicted octanol–water partition coefficient (Wildman–Crippen LogP) is 5.77. The SMILES string of the molecule is CCn1c2ccccc2c2cc(Nc3ncccc3NC(=O)CCN3CCCCC3)ccc21. The summed E-state index contributed by atoms with van der Waals surface area (Å²) in [7, 11) is 0. The number of hydrogen-bond acceptors (Lipinski definition) is 4. The second-order valence-electron chi connectivity index (χ2n) is 8.72. The molecule has 3 heterocycles. The highest BCUT2D eigenvalue weighted by atomic mass is 16.1. The van der Waals surface area contributed by atoms with Gasteiger partial charge in [0.05, 0.1) is 5.69 Å². The molecule has 1 saturated heterocycles. The first kappa shape index (κ1) is 21.5. The van der Waals surface area contributed by atoms with Crippen molar-refractivity contribution in [1.29, 1.82) is 0 Å². The Morgan fingerprint density at radius 3 is 2.64 bits per heavy atom. The van der Waals surface area contributed by atoms with E-state index in [-0.39, 0.29) is 5.91 Å². The number of piperidine rings is 1. The monoisotopic (exact) mass is 441 g/mol. The molecule has 0 radical (unpaired) electrons. The van der Waals surface area contributed by atoms with Crippen molar-refractivity contribution >= 4 is 44.9 Å². The lowest BCUT2D eigenvalue weighted by molar-refractivity contribution is -0.116. The van der Waals surface area contributed by atoms with E-state index >= 15 is 0 Å². The lowest BCUT2D eigenvalue weighted by atomic mass is 10.1. The normalized spacial score (nSPS) is 14.6. The molecule has 0 spiro atoms. The molecular formula is C27H31N5O. The van der Waals surface area contributed by atoms with Gasteiger partial charge < -0.3 is 20.1 Å². The van der Waals surface area contributed by atoms with E-state index in [0.717, 1.165) is 31.9 Å². The van der Waals surface area contributed by atoms with Crippen LogP contribution in [0, 0.1) is 0 Å². The fourth-order valence-electron chi connectivity index (χ4n) is 4.87. The highest BCUT2D eigenvalue weighted by Crippen LogP contribution is 2.32. The Bertz CT molecular complexity index is 1270. The minimum absolute atomic E-state index is 0.0260. The molecule has 0 unspecified atom stereocenters. The van der Waals surface area contributed by atoms with Crippen LogP contribution in [0.1, 0.15) is 32.6 Å². The molecule has 1 aliphatic heterocycles. The van der Waals surface area contributed by atoms with Crippen molar-refractivity contribution in [2.45, 2.75) is 39.2 Å². The quantitative estimate of drug-likeness (QED) is 0.382. The molecule has 6 nitrogen and oxygen atoms in total. The van der Waals surface area contributed by atoms with Crippen molar-refractivity contribution in [2.75, 3.05) is 30.3 Å². The summed E-state index contributed by atoms with van der Waals surface area (Å²) >= 11 is 0. The zero-order valence-corrected chi connectivity index (χ0v) is 19.2. The minimum atomic E-state index is 0.0260. The van der Waals surface area contributed by atoms with Crippen LogP contribution < -0.4 is 10.6 Å². The summed E-state index contributed by atoms with van der Waals surface area (Å²) in [5.41, 5.74) is 4.12. The molecule has 1 aliphatic rings. The number of aromatic nitrogens is 2. The Morgan fingerprint density at radius 1 is 0.970 bits per heavy atom. The van der Waals surface area contributed by atoms with Crippen molar-refractivity contribution in [2.24, 2.45) is 0 Å². The number of rotatable bonds is 7. The van der Waals surface area contributed by atoms with Crippen LogP contribution in [-0.4, -0.2) is 40.0 Å². The van der Waals surface area contributed by atoms with E-state index in [4.69, 9.17) is 0 Å². The third kappa shape index (κ3) is 4.57. The molecule has 6 heteroatoms. The van der Waals surface area contributed by atoms with Crippen LogP contribution in [0.25, 0.3) is 21.8 Å². The van der Waals surface area contributed by atoms with E-state index in [2.05, 4.69) is 74.5 Å². The number of aryl methyl sites for hydroxylation is 1. The first-order valence-corrected chi connectivity index (χ1v) is 12.0. The molecule has 5 rings (SSSR count). The van der Waals surface area contributed by atoms with Crippen molar-refractivity contribution in [3.05, 3.63) is 60.8 Å². The lowest BCUT2D eigenvalue weighted by Crippen LogP contribution is -2.32. The van der Waals surface area contributed by atoms with Crippen LogP contribution in [0.15, 0.2) is 60.8 Å². The number of carbonyl (C=O) groups excluding carboxylic acids is 1. The van der Waals surface area contributed by atoms with Gasteiger partial charge in [-0.2, -0.15) is 0 Å². The summed E-state index contributed by atoms with van der Waals surface area (Å²) in [5, 5.41) is 8.93. The number of nitrogens with one attached hydrogen (secondary N) is 2. The van der Waals surface area contributed by atoms with Crippen molar-refractivity contribution < 1.29 is 4.79 Å². The molecule has 33 heavy (non-hydrogen) atoms. The average Bonchev–Trinajstić information content (AvgIpc) is 3.17. The number of amides is 1. The number of carbonyl (C=O) groups is 1. The van der Waals surface area contributed by atoms with E-state index in [1.807, 2.05) is 12.1 Å². The predicted molar refractivity (Wildman–Crippen MR) is 136 cm³/mol. The molecule has 2 aromatic carbocycles. The summed E-state index contributed by atoms with van der Waals surface area (Å²) in [6, 6.07) is 18.6. The van der Waals surface area contributed by atoms with Gasteiger partial charge >= 0.3 is 0 Å². The molecule has 170 valence electrons. The van der Waals surface area contributed by atoms with Crippen LogP contribution in [0.3, 0.4) is 0 Å². The second-order valence-corrected chi connectivity index (χ2v) is 8.72. The summed E-state index contributed by atoms with van der Waals surface area (Å²) in [6.45, 7) is 6.11. The van der Waals surface area contributed by atoms with Crippen molar-refractivity contribution in [3.63, 3.8) is 0 Å². The van der Waals surface area contributed by atoms with Gasteiger partial charge in [-0.3, -0.25) is 4.79 Å². The van der Waals surface area contributed by atoms with Crippen molar-refractivity contribution in [3.8, 4) is 0 Å². The summed E-state index contributed by atoms with van der Waals surface area (Å²) in [5.74, 6) is 0.681. The fraction of sp³-hybridized carbons (Fsp3) is 0.333. The van der Waals surface area contributed by atoms with Gasteiger partial charge in [-0.15, -0.1) is 0 Å². The van der Waals surface area contributed by atoms with Crippen LogP contribution in [-0.2, 0) is 11.3 Å². The van der Waals surface area contributed by atoms with Gasteiger partial charge in [0.25, 0.3) is 0 Å². The minimum Gasteiger partial charge on any atom is -0.341 e. The van der Waals surface area contributed by atoms with Gasteiger partial charge in [0.1, 0.15) is 0 Å². The second kappa shape index (κ2) is 9.63. The van der Waals surface area contributed by atoms with Crippen LogP contribution >= 0.6 is 0 Å². The van der Waals surface area contributed by atoms with Gasteiger partial charge in [0, 0.05) is 53.2 Å². The third-order valence-corrected chi connectivity index (χ3v) is 6.54. The standard InChI is InChI=1S/C27H31N5O/c1-2-32-24-11-5-4-9-21(24)22-19-20(12-13-25(22)32)29-27-23(10-8-15-28-27)30-26(33)14-18-31-16-6-3-7-17-31/h4-5,8-13,15,19H,2-3,6-7,14,16-18H2,1H3,(H,28,29)(H,30,33). The maximum absolute atomic E-state index is 12.6. The number of fused-ring (bicyclic) bond motifs is 3. The largest absolute Gasteiger partial charge is 0.341 e. The zero-order valence-electron chi connectivity index (χ0n) is 19.2. The number of benzene rings is 2. The summed E-state index contributed by atoms with van der Waals surface area (Å²) in [4.78, 5) is 19.5. The number of anilines is 3. The molecular weight excluding hydrogens is 410 g/mol. The maximum atomic E-state index is 12.6. The molecule has 2 N–H and O–H groups in total. The topological polar surface area (TPSA) is 62.2 Å². The van der Waals surface area contributed by atoms with Crippen molar-refractivity contribution in [1.82, 2.24) is 14.5 Å². The van der Waals surface area contributed by atoms with Crippen LogP contribution in [0.5, 0.6) is 0 Å². The smallest absolute Gasteiger partial charge is 0.225 e. The average molecular weight is 442 g/mol. The Morgan fingerprint density at radius 2 is 1.79 bits per heavy atom. The van der Waals surface area contributed by atoms with Gasteiger partial charge in [-0.1, -0.05) is 24.6 Å². The first-order valence-electron chi connectivity index (χ1n) is 12.0. The van der Waals surface area contributed by atoms with E-state index in [0.29, 0.717) is 17.9 Å². The van der Waals surface area contributed by atoms with Gasteiger partial charge in [0.2, 0.25) is 5.91 Å². The number of pyridine rings is 1. The third-order valence-electron chi connectivity index (χ3n) is 6.54. The number of nitrogens with zero attached hydrogens (tertiary/aromatic N) is 3. The zero-order chi connectivity index (χ0) is 22.6. The summed E-state index contributed by atoms with van der Waals surface area (Å²) in [6.07, 6.45) is 6.02.